The standard InChI is InChI=1S/C20H16N2O5/c1-24-16-9-14(10-17(25-2)18(16)26-3)19-22-15(20(23)27-19)8-12-5-4-6-13(7-12)11-21/h4-10H,1-3H3. The fourth-order valence-electron chi connectivity index (χ4n) is 2.59. The molecule has 0 N–H and O–H groups in total. The predicted octanol–water partition coefficient (Wildman–Crippen LogP) is 2.93. The van der Waals surface area contributed by atoms with Crippen LogP contribution < -0.4 is 14.2 Å². The molecule has 0 fully saturated rings. The zero-order valence-corrected chi connectivity index (χ0v) is 15.0. The van der Waals surface area contributed by atoms with Gasteiger partial charge in [-0.25, -0.2) is 9.79 Å². The molecule has 2 aromatic rings. The van der Waals surface area contributed by atoms with Crippen molar-refractivity contribution in [3.05, 3.63) is 58.8 Å². The molecule has 1 aliphatic rings. The maximum atomic E-state index is 12.2. The summed E-state index contributed by atoms with van der Waals surface area (Å²) in [6.45, 7) is 0. The Morgan fingerprint density at radius 2 is 1.78 bits per heavy atom. The number of hydrogen-bond acceptors (Lipinski definition) is 7. The fourth-order valence-corrected chi connectivity index (χ4v) is 2.59. The topological polar surface area (TPSA) is 90.1 Å². The van der Waals surface area contributed by atoms with Crippen LogP contribution in [0.15, 0.2) is 47.1 Å². The van der Waals surface area contributed by atoms with Crippen molar-refractivity contribution in [1.29, 1.82) is 5.26 Å². The Kier molecular flexibility index (Phi) is 5.08. The van der Waals surface area contributed by atoms with Gasteiger partial charge in [0.1, 0.15) is 0 Å². The van der Waals surface area contributed by atoms with E-state index in [-0.39, 0.29) is 11.6 Å². The van der Waals surface area contributed by atoms with Crippen LogP contribution in [0.1, 0.15) is 16.7 Å². The predicted molar refractivity (Wildman–Crippen MR) is 97.9 cm³/mol. The lowest BCUT2D eigenvalue weighted by atomic mass is 10.1. The molecule has 0 aromatic heterocycles. The summed E-state index contributed by atoms with van der Waals surface area (Å²) in [7, 11) is 4.50. The summed E-state index contributed by atoms with van der Waals surface area (Å²) in [5.41, 5.74) is 1.81. The lowest BCUT2D eigenvalue weighted by Crippen LogP contribution is -2.06. The molecule has 7 nitrogen and oxygen atoms in total. The van der Waals surface area contributed by atoms with Gasteiger partial charge >= 0.3 is 5.97 Å². The van der Waals surface area contributed by atoms with Gasteiger partial charge in [-0.05, 0) is 35.9 Å². The summed E-state index contributed by atoms with van der Waals surface area (Å²) in [4.78, 5) is 16.5. The number of aliphatic imine (C=N–C) groups is 1. The average Bonchev–Trinajstić information content (AvgIpc) is 3.07. The molecule has 0 saturated carbocycles. The van der Waals surface area contributed by atoms with E-state index in [1.165, 1.54) is 21.3 Å². The van der Waals surface area contributed by atoms with Gasteiger partial charge < -0.3 is 18.9 Å². The molecule has 2 aromatic carbocycles. The highest BCUT2D eigenvalue weighted by atomic mass is 16.6. The molecule has 0 aliphatic carbocycles. The third kappa shape index (κ3) is 3.60. The lowest BCUT2D eigenvalue weighted by Gasteiger charge is -2.13. The third-order valence-corrected chi connectivity index (χ3v) is 3.85. The fraction of sp³-hybridized carbons (Fsp3) is 0.150. The molecular weight excluding hydrogens is 348 g/mol. The molecule has 7 heteroatoms. The van der Waals surface area contributed by atoms with E-state index in [0.717, 1.165) is 0 Å². The molecule has 0 radical (unpaired) electrons. The van der Waals surface area contributed by atoms with Crippen molar-refractivity contribution < 1.29 is 23.7 Å². The van der Waals surface area contributed by atoms with Crippen molar-refractivity contribution in [3.8, 4) is 23.3 Å². The number of benzene rings is 2. The molecule has 0 unspecified atom stereocenters. The Bertz CT molecular complexity index is 977. The van der Waals surface area contributed by atoms with E-state index in [1.54, 1.807) is 42.5 Å². The smallest absolute Gasteiger partial charge is 0.363 e. The van der Waals surface area contributed by atoms with Gasteiger partial charge in [-0.2, -0.15) is 5.26 Å². The van der Waals surface area contributed by atoms with Crippen LogP contribution in [0, 0.1) is 11.3 Å². The molecule has 0 saturated heterocycles. The number of carbonyl (C=O) groups excluding carboxylic acids is 1. The minimum absolute atomic E-state index is 0.127. The number of hydrogen-bond donors (Lipinski definition) is 0. The van der Waals surface area contributed by atoms with Gasteiger partial charge in [0.25, 0.3) is 0 Å². The summed E-state index contributed by atoms with van der Waals surface area (Å²) >= 11 is 0. The van der Waals surface area contributed by atoms with Crippen molar-refractivity contribution in [1.82, 2.24) is 0 Å². The number of methoxy groups -OCH3 is 3. The molecule has 3 rings (SSSR count). The molecular formula is C20H16N2O5. The van der Waals surface area contributed by atoms with Crippen LogP contribution in [-0.4, -0.2) is 33.2 Å². The minimum Gasteiger partial charge on any atom is -0.493 e. The van der Waals surface area contributed by atoms with Gasteiger partial charge in [-0.1, -0.05) is 12.1 Å². The van der Waals surface area contributed by atoms with E-state index in [9.17, 15) is 4.79 Å². The van der Waals surface area contributed by atoms with Gasteiger partial charge in [-0.3, -0.25) is 0 Å². The second kappa shape index (κ2) is 7.62. The van der Waals surface area contributed by atoms with E-state index in [1.807, 2.05) is 0 Å². The molecule has 0 atom stereocenters. The maximum Gasteiger partial charge on any atom is 0.363 e. The van der Waals surface area contributed by atoms with Crippen LogP contribution in [0.5, 0.6) is 17.2 Å². The summed E-state index contributed by atoms with van der Waals surface area (Å²) < 4.78 is 21.2. The molecule has 27 heavy (non-hydrogen) atoms. The Morgan fingerprint density at radius 3 is 2.37 bits per heavy atom. The number of ether oxygens (including phenoxy) is 4. The number of esters is 1. The van der Waals surface area contributed by atoms with Crippen molar-refractivity contribution in [3.63, 3.8) is 0 Å². The van der Waals surface area contributed by atoms with Crippen molar-refractivity contribution in [2.75, 3.05) is 21.3 Å². The van der Waals surface area contributed by atoms with Crippen LogP contribution in [0.2, 0.25) is 0 Å². The maximum absolute atomic E-state index is 12.2. The lowest BCUT2D eigenvalue weighted by molar-refractivity contribution is -0.129. The quantitative estimate of drug-likeness (QED) is 0.598. The molecule has 0 spiro atoms. The van der Waals surface area contributed by atoms with Gasteiger partial charge in [0.05, 0.1) is 33.0 Å². The van der Waals surface area contributed by atoms with Crippen molar-refractivity contribution in [2.24, 2.45) is 4.99 Å². The molecule has 1 heterocycles. The minimum atomic E-state index is -0.582. The van der Waals surface area contributed by atoms with Crippen molar-refractivity contribution in [2.45, 2.75) is 0 Å². The first-order valence-corrected chi connectivity index (χ1v) is 7.92. The second-order valence-corrected chi connectivity index (χ2v) is 5.49. The highest BCUT2D eigenvalue weighted by molar-refractivity contribution is 6.13. The molecule has 0 amide bonds. The highest BCUT2D eigenvalue weighted by Crippen LogP contribution is 2.39. The summed E-state index contributed by atoms with van der Waals surface area (Å²) in [5, 5.41) is 8.98. The highest BCUT2D eigenvalue weighted by Gasteiger charge is 2.26. The number of carbonyl (C=O) groups is 1. The zero-order valence-electron chi connectivity index (χ0n) is 15.0. The number of rotatable bonds is 5. The summed E-state index contributed by atoms with van der Waals surface area (Å²) in [5.74, 6) is 0.815. The molecule has 136 valence electrons. The van der Waals surface area contributed by atoms with E-state index < -0.39 is 5.97 Å². The van der Waals surface area contributed by atoms with E-state index >= 15 is 0 Å². The number of nitriles is 1. The van der Waals surface area contributed by atoms with E-state index in [0.29, 0.717) is 33.9 Å². The first kappa shape index (κ1) is 18.0. The molecule has 1 aliphatic heterocycles. The normalized spacial score (nSPS) is 14.4. The Hall–Kier alpha value is -3.79. The van der Waals surface area contributed by atoms with Crippen molar-refractivity contribution >= 4 is 17.9 Å². The van der Waals surface area contributed by atoms with Crippen LogP contribution in [0.3, 0.4) is 0 Å². The third-order valence-electron chi connectivity index (χ3n) is 3.85. The largest absolute Gasteiger partial charge is 0.493 e. The van der Waals surface area contributed by atoms with E-state index in [2.05, 4.69) is 11.1 Å². The van der Waals surface area contributed by atoms with Crippen LogP contribution >= 0.6 is 0 Å². The number of nitrogens with zero attached hydrogens (tertiary/aromatic N) is 2. The van der Waals surface area contributed by atoms with E-state index in [4.69, 9.17) is 24.2 Å². The second-order valence-electron chi connectivity index (χ2n) is 5.49. The SMILES string of the molecule is COc1cc(C2=NC(=Cc3cccc(C#N)c3)C(=O)O2)cc(OC)c1OC. The van der Waals surface area contributed by atoms with Gasteiger partial charge in [0, 0.05) is 5.56 Å². The Labute approximate surface area is 156 Å². The zero-order chi connectivity index (χ0) is 19.4. The van der Waals surface area contributed by atoms with Gasteiger partial charge in [0.2, 0.25) is 11.6 Å². The Balaban J connectivity index is 2.01. The first-order valence-electron chi connectivity index (χ1n) is 7.92. The Morgan fingerprint density at radius 1 is 1.07 bits per heavy atom. The average molecular weight is 364 g/mol. The van der Waals surface area contributed by atoms with Gasteiger partial charge in [0.15, 0.2) is 17.2 Å². The first-order chi connectivity index (χ1) is 13.1. The summed E-state index contributed by atoms with van der Waals surface area (Å²) in [6.07, 6.45) is 1.56. The molecule has 0 bridgehead atoms. The number of cyclic esters (lactones) is 1. The van der Waals surface area contributed by atoms with Crippen LogP contribution in [0.25, 0.3) is 6.08 Å². The van der Waals surface area contributed by atoms with Crippen LogP contribution in [0.4, 0.5) is 0 Å². The van der Waals surface area contributed by atoms with Crippen LogP contribution in [-0.2, 0) is 9.53 Å². The monoisotopic (exact) mass is 364 g/mol. The summed E-state index contributed by atoms with van der Waals surface area (Å²) in [6, 6.07) is 12.2. The van der Waals surface area contributed by atoms with Gasteiger partial charge in [-0.15, -0.1) is 0 Å².